The Morgan fingerprint density at radius 2 is 2.00 bits per heavy atom. The van der Waals surface area contributed by atoms with Gasteiger partial charge >= 0.3 is 0 Å². The molecule has 0 fully saturated rings. The Kier molecular flexibility index (Phi) is 5.76. The van der Waals surface area contributed by atoms with Crippen LogP contribution in [-0.2, 0) is 17.9 Å². The molecule has 1 N–H and O–H groups in total. The number of hydrogen-bond acceptors (Lipinski definition) is 5. The maximum atomic E-state index is 12.6. The zero-order valence-corrected chi connectivity index (χ0v) is 17.2. The third-order valence-corrected chi connectivity index (χ3v) is 5.86. The average molecular weight is 410 g/mol. The van der Waals surface area contributed by atoms with E-state index < -0.39 is 0 Å². The van der Waals surface area contributed by atoms with Crippen LogP contribution >= 0.6 is 11.8 Å². The standard InChI is InChI=1S/C22H23N3O3S/c1-3-25-18(17-7-5-4-6-8-17)13-24-22(25)29-15(2)21(26)23-12-16-9-10-19-20(11-16)28-14-27-19/h4-11,13,15H,3,12,14H2,1-2H3,(H,23,26)/t15-/m1/s1. The summed E-state index contributed by atoms with van der Waals surface area (Å²) in [5, 5.41) is 3.57. The lowest BCUT2D eigenvalue weighted by Gasteiger charge is -2.14. The molecule has 2 heterocycles. The molecule has 7 heteroatoms. The molecule has 6 nitrogen and oxygen atoms in total. The smallest absolute Gasteiger partial charge is 0.233 e. The number of nitrogens with one attached hydrogen (secondary N) is 1. The third-order valence-electron chi connectivity index (χ3n) is 4.76. The Morgan fingerprint density at radius 3 is 2.79 bits per heavy atom. The van der Waals surface area contributed by atoms with E-state index in [1.807, 2.05) is 49.5 Å². The lowest BCUT2D eigenvalue weighted by atomic mass is 10.2. The number of imidazole rings is 1. The summed E-state index contributed by atoms with van der Waals surface area (Å²) in [6.45, 7) is 5.46. The van der Waals surface area contributed by atoms with Crippen molar-refractivity contribution in [3.8, 4) is 22.8 Å². The monoisotopic (exact) mass is 409 g/mol. The van der Waals surface area contributed by atoms with E-state index in [4.69, 9.17) is 9.47 Å². The Balaban J connectivity index is 1.39. The van der Waals surface area contributed by atoms with Gasteiger partial charge in [-0.05, 0) is 37.1 Å². The Bertz CT molecular complexity index is 1000. The molecule has 1 aliphatic rings. The van der Waals surface area contributed by atoms with Crippen molar-refractivity contribution in [2.75, 3.05) is 6.79 Å². The van der Waals surface area contributed by atoms with E-state index in [0.717, 1.165) is 40.0 Å². The van der Waals surface area contributed by atoms with Crippen molar-refractivity contribution in [2.24, 2.45) is 0 Å². The number of thioether (sulfide) groups is 1. The van der Waals surface area contributed by atoms with Crippen LogP contribution in [0.3, 0.4) is 0 Å². The minimum Gasteiger partial charge on any atom is -0.454 e. The van der Waals surface area contributed by atoms with Gasteiger partial charge in [-0.1, -0.05) is 48.2 Å². The zero-order chi connectivity index (χ0) is 20.2. The first-order valence-electron chi connectivity index (χ1n) is 9.59. The van der Waals surface area contributed by atoms with E-state index in [1.54, 1.807) is 0 Å². The summed E-state index contributed by atoms with van der Waals surface area (Å²) in [5.41, 5.74) is 3.15. The first-order chi connectivity index (χ1) is 14.2. The van der Waals surface area contributed by atoms with Crippen molar-refractivity contribution in [1.29, 1.82) is 0 Å². The highest BCUT2D eigenvalue weighted by molar-refractivity contribution is 8.00. The van der Waals surface area contributed by atoms with Crippen LogP contribution in [0.15, 0.2) is 59.9 Å². The van der Waals surface area contributed by atoms with Gasteiger partial charge in [0, 0.05) is 13.1 Å². The highest BCUT2D eigenvalue weighted by Gasteiger charge is 2.19. The predicted octanol–water partition coefficient (Wildman–Crippen LogP) is 4.10. The topological polar surface area (TPSA) is 65.4 Å². The van der Waals surface area contributed by atoms with Gasteiger partial charge in [0.1, 0.15) is 0 Å². The molecule has 0 saturated carbocycles. The number of hydrogen-bond donors (Lipinski definition) is 1. The van der Waals surface area contributed by atoms with Gasteiger partial charge in [-0.2, -0.15) is 0 Å². The van der Waals surface area contributed by atoms with Crippen LogP contribution in [0, 0.1) is 0 Å². The number of carbonyl (C=O) groups excluding carboxylic acids is 1. The van der Waals surface area contributed by atoms with Crippen LogP contribution in [0.4, 0.5) is 0 Å². The number of ether oxygens (including phenoxy) is 2. The summed E-state index contributed by atoms with van der Waals surface area (Å²) in [4.78, 5) is 17.2. The summed E-state index contributed by atoms with van der Waals surface area (Å²) in [7, 11) is 0. The third kappa shape index (κ3) is 4.24. The second-order valence-corrected chi connectivity index (χ2v) is 8.01. The summed E-state index contributed by atoms with van der Waals surface area (Å²) in [6, 6.07) is 15.9. The molecular weight excluding hydrogens is 386 g/mol. The molecule has 0 saturated heterocycles. The highest BCUT2D eigenvalue weighted by atomic mass is 32.2. The summed E-state index contributed by atoms with van der Waals surface area (Å²) >= 11 is 1.47. The quantitative estimate of drug-likeness (QED) is 0.595. The largest absolute Gasteiger partial charge is 0.454 e. The second kappa shape index (κ2) is 8.61. The van der Waals surface area contributed by atoms with E-state index in [2.05, 4.69) is 33.9 Å². The maximum Gasteiger partial charge on any atom is 0.233 e. The fourth-order valence-electron chi connectivity index (χ4n) is 3.19. The molecule has 4 rings (SSSR count). The van der Waals surface area contributed by atoms with Crippen molar-refractivity contribution in [3.63, 3.8) is 0 Å². The minimum atomic E-state index is -0.264. The fourth-order valence-corrected chi connectivity index (χ4v) is 4.17. The van der Waals surface area contributed by atoms with E-state index in [1.165, 1.54) is 11.8 Å². The van der Waals surface area contributed by atoms with Crippen molar-refractivity contribution in [3.05, 3.63) is 60.3 Å². The van der Waals surface area contributed by atoms with E-state index in [0.29, 0.717) is 6.54 Å². The van der Waals surface area contributed by atoms with Gasteiger partial charge in [0.25, 0.3) is 0 Å². The molecule has 1 amide bonds. The summed E-state index contributed by atoms with van der Waals surface area (Å²) in [6.07, 6.45) is 1.87. The number of aromatic nitrogens is 2. The minimum absolute atomic E-state index is 0.0282. The molecule has 0 aliphatic carbocycles. The van der Waals surface area contributed by atoms with Gasteiger partial charge in [0.05, 0.1) is 17.1 Å². The number of nitrogens with zero attached hydrogens (tertiary/aromatic N) is 2. The molecule has 0 unspecified atom stereocenters. The van der Waals surface area contributed by atoms with Crippen LogP contribution < -0.4 is 14.8 Å². The fraction of sp³-hybridized carbons (Fsp3) is 0.273. The molecule has 150 valence electrons. The van der Waals surface area contributed by atoms with Crippen molar-refractivity contribution >= 4 is 17.7 Å². The molecule has 1 aromatic heterocycles. The van der Waals surface area contributed by atoms with Crippen LogP contribution in [0.5, 0.6) is 11.5 Å². The van der Waals surface area contributed by atoms with Gasteiger partial charge < -0.3 is 19.4 Å². The molecule has 0 bridgehead atoms. The molecule has 0 radical (unpaired) electrons. The summed E-state index contributed by atoms with van der Waals surface area (Å²) in [5.74, 6) is 1.43. The van der Waals surface area contributed by atoms with Crippen LogP contribution in [-0.4, -0.2) is 27.5 Å². The molecule has 3 aromatic rings. The lowest BCUT2D eigenvalue weighted by molar-refractivity contribution is -0.120. The number of amides is 1. The van der Waals surface area contributed by atoms with Gasteiger partial charge in [-0.3, -0.25) is 4.79 Å². The van der Waals surface area contributed by atoms with Gasteiger partial charge in [0.15, 0.2) is 16.7 Å². The van der Waals surface area contributed by atoms with Crippen LogP contribution in [0.1, 0.15) is 19.4 Å². The van der Waals surface area contributed by atoms with Gasteiger partial charge in [-0.15, -0.1) is 0 Å². The first kappa shape index (κ1) is 19.4. The van der Waals surface area contributed by atoms with Crippen molar-refractivity contribution in [2.45, 2.75) is 37.3 Å². The molecular formula is C22H23N3O3S. The Labute approximate surface area is 174 Å². The molecule has 0 spiro atoms. The molecule has 29 heavy (non-hydrogen) atoms. The lowest BCUT2D eigenvalue weighted by Crippen LogP contribution is -2.30. The number of fused-ring (bicyclic) bond motifs is 1. The average Bonchev–Trinajstić information content (AvgIpc) is 3.38. The zero-order valence-electron chi connectivity index (χ0n) is 16.4. The Hall–Kier alpha value is -2.93. The van der Waals surface area contributed by atoms with E-state index >= 15 is 0 Å². The number of benzene rings is 2. The van der Waals surface area contributed by atoms with E-state index in [9.17, 15) is 4.79 Å². The van der Waals surface area contributed by atoms with Gasteiger partial charge in [-0.25, -0.2) is 4.98 Å². The molecule has 2 aromatic carbocycles. The SMILES string of the molecule is CCn1c(-c2ccccc2)cnc1S[C@H](C)C(=O)NCc1ccc2c(c1)OCO2. The first-order valence-corrected chi connectivity index (χ1v) is 10.5. The second-order valence-electron chi connectivity index (χ2n) is 6.70. The Morgan fingerprint density at radius 1 is 1.21 bits per heavy atom. The number of carbonyl (C=O) groups is 1. The number of rotatable bonds is 7. The van der Waals surface area contributed by atoms with Gasteiger partial charge in [0.2, 0.25) is 12.7 Å². The van der Waals surface area contributed by atoms with Crippen molar-refractivity contribution in [1.82, 2.24) is 14.9 Å². The molecule has 1 atom stereocenters. The van der Waals surface area contributed by atoms with Crippen LogP contribution in [0.2, 0.25) is 0 Å². The maximum absolute atomic E-state index is 12.6. The van der Waals surface area contributed by atoms with Crippen molar-refractivity contribution < 1.29 is 14.3 Å². The normalized spacial score (nSPS) is 13.3. The highest BCUT2D eigenvalue weighted by Crippen LogP contribution is 2.32. The summed E-state index contributed by atoms with van der Waals surface area (Å²) < 4.78 is 12.8. The van der Waals surface area contributed by atoms with E-state index in [-0.39, 0.29) is 18.0 Å². The predicted molar refractivity (Wildman–Crippen MR) is 113 cm³/mol. The molecule has 1 aliphatic heterocycles. The van der Waals surface area contributed by atoms with Crippen LogP contribution in [0.25, 0.3) is 11.3 Å².